The first kappa shape index (κ1) is 30.2. The van der Waals surface area contributed by atoms with E-state index in [0.717, 1.165) is 17.2 Å². The predicted octanol–water partition coefficient (Wildman–Crippen LogP) is -2.34. The number of nitrogens with two attached hydrogens (primary N) is 2. The van der Waals surface area contributed by atoms with Gasteiger partial charge in [0.25, 0.3) is 5.56 Å². The Kier molecular flexibility index (Phi) is 7.27. The van der Waals surface area contributed by atoms with Crippen molar-refractivity contribution in [1.29, 1.82) is 0 Å². The minimum Gasteiger partial charge on any atom is -0.387 e. The number of imidazole rings is 2. The lowest BCUT2D eigenvalue weighted by atomic mass is 10.1. The number of aliphatic hydroxyl groups excluding tert-OH is 2. The van der Waals surface area contributed by atoms with Crippen LogP contribution in [0.15, 0.2) is 23.8 Å². The first-order valence-corrected chi connectivity index (χ1v) is 15.9. The van der Waals surface area contributed by atoms with Gasteiger partial charge in [-0.1, -0.05) is 0 Å². The summed E-state index contributed by atoms with van der Waals surface area (Å²) in [5, 5.41) is 22.1. The van der Waals surface area contributed by atoms with Crippen molar-refractivity contribution in [2.45, 2.75) is 49.1 Å². The van der Waals surface area contributed by atoms with Crippen LogP contribution in [0.4, 0.5) is 11.8 Å². The van der Waals surface area contributed by atoms with Crippen LogP contribution in [0.3, 0.4) is 0 Å². The molecular weight excluding hydrogens is 650 g/mol. The average molecular weight is 674 g/mol. The molecule has 0 aliphatic carbocycles. The molecule has 0 saturated carbocycles. The van der Waals surface area contributed by atoms with E-state index in [4.69, 9.17) is 39.0 Å². The largest absolute Gasteiger partial charge is 0.472 e. The summed E-state index contributed by atoms with van der Waals surface area (Å²) < 4.78 is 61.0. The lowest BCUT2D eigenvalue weighted by molar-refractivity contribution is -0.0672. The predicted molar refractivity (Wildman–Crippen MR) is 143 cm³/mol. The Morgan fingerprint density at radius 1 is 0.822 bits per heavy atom. The van der Waals surface area contributed by atoms with Crippen molar-refractivity contribution in [3.05, 3.63) is 29.3 Å². The number of aliphatic hydroxyl groups is 2. The highest BCUT2D eigenvalue weighted by Crippen LogP contribution is 2.53. The van der Waals surface area contributed by atoms with Gasteiger partial charge in [-0.25, -0.2) is 29.1 Å². The van der Waals surface area contributed by atoms with Crippen molar-refractivity contribution in [1.82, 2.24) is 39.0 Å². The molecule has 2 bridgehead atoms. The molecule has 3 aliphatic heterocycles. The van der Waals surface area contributed by atoms with Crippen molar-refractivity contribution >= 4 is 49.7 Å². The fraction of sp³-hybridized carbons (Fsp3) is 0.500. The molecule has 9 unspecified atom stereocenters. The Balaban J connectivity index is 1.21. The summed E-state index contributed by atoms with van der Waals surface area (Å²) in [6, 6.07) is 0. The number of hydrogen-bond acceptors (Lipinski definition) is 18. The van der Waals surface area contributed by atoms with E-state index in [1.54, 1.807) is 0 Å². The molecule has 0 amide bonds. The molecule has 10 atom stereocenters. The number of hydrogen-bond donors (Lipinski definition) is 7. The van der Waals surface area contributed by atoms with Gasteiger partial charge in [0.1, 0.15) is 48.5 Å². The Bertz CT molecular complexity index is 1940. The summed E-state index contributed by atoms with van der Waals surface area (Å²) in [6.45, 7) is -1.65. The molecule has 45 heavy (non-hydrogen) atoms. The van der Waals surface area contributed by atoms with Crippen LogP contribution in [0.1, 0.15) is 12.5 Å². The van der Waals surface area contributed by atoms with Crippen molar-refractivity contribution in [3.63, 3.8) is 0 Å². The molecule has 7 rings (SSSR count). The molecule has 3 saturated heterocycles. The molecule has 23 nitrogen and oxygen atoms in total. The highest BCUT2D eigenvalue weighted by atomic mass is 31.2. The van der Waals surface area contributed by atoms with Gasteiger partial charge >= 0.3 is 15.6 Å². The number of aromatic amines is 1. The number of fused-ring (bicyclic) bond motifs is 5. The van der Waals surface area contributed by atoms with E-state index in [0.29, 0.717) is 0 Å². The third kappa shape index (κ3) is 5.31. The molecule has 7 heterocycles. The van der Waals surface area contributed by atoms with Crippen LogP contribution in [-0.2, 0) is 36.7 Å². The zero-order valence-corrected chi connectivity index (χ0v) is 24.2. The van der Waals surface area contributed by atoms with Gasteiger partial charge in [0.05, 0.1) is 25.9 Å². The van der Waals surface area contributed by atoms with Gasteiger partial charge in [0, 0.05) is 0 Å². The Labute approximate surface area is 248 Å². The SMILES string of the molecule is Nc1nc2c(ncn2[C@@H]2OC3COP(=O)(O)OC4C(COP(=O)(O)OC2C3O)OC(n2cnc3c(N)ncnc32)C4O)c(=O)[nH]1. The fourth-order valence-corrected chi connectivity index (χ4v) is 7.19. The second-order valence-corrected chi connectivity index (χ2v) is 13.0. The van der Waals surface area contributed by atoms with Gasteiger partial charge in [-0.2, -0.15) is 4.98 Å². The number of rotatable bonds is 2. The van der Waals surface area contributed by atoms with E-state index in [1.165, 1.54) is 10.9 Å². The lowest BCUT2D eigenvalue weighted by Gasteiger charge is -2.25. The summed E-state index contributed by atoms with van der Waals surface area (Å²) >= 11 is 0. The number of anilines is 2. The van der Waals surface area contributed by atoms with Gasteiger partial charge in [-0.3, -0.25) is 37.0 Å². The number of H-pyrrole nitrogens is 1. The molecule has 4 aromatic rings. The van der Waals surface area contributed by atoms with Crippen molar-refractivity contribution in [2.24, 2.45) is 0 Å². The molecule has 242 valence electrons. The first-order chi connectivity index (χ1) is 21.3. The molecule has 25 heteroatoms. The van der Waals surface area contributed by atoms with Gasteiger partial charge in [-0.15, -0.1) is 0 Å². The van der Waals surface area contributed by atoms with Gasteiger partial charge in [0.15, 0.2) is 35.1 Å². The summed E-state index contributed by atoms with van der Waals surface area (Å²) in [4.78, 5) is 55.8. The number of nitrogens with zero attached hydrogens (tertiary/aromatic N) is 7. The number of ether oxygens (including phenoxy) is 2. The molecule has 0 radical (unpaired) electrons. The number of nitrogens with one attached hydrogen (secondary N) is 1. The monoisotopic (exact) mass is 674 g/mol. The maximum atomic E-state index is 13.2. The summed E-state index contributed by atoms with van der Waals surface area (Å²) in [6.07, 6.45) is -9.21. The summed E-state index contributed by atoms with van der Waals surface area (Å²) in [5.41, 5.74) is 10.8. The van der Waals surface area contributed by atoms with Crippen LogP contribution in [0.5, 0.6) is 0 Å². The highest BCUT2D eigenvalue weighted by molar-refractivity contribution is 7.47. The van der Waals surface area contributed by atoms with Gasteiger partial charge in [0.2, 0.25) is 5.95 Å². The quantitative estimate of drug-likeness (QED) is 0.109. The van der Waals surface area contributed by atoms with E-state index >= 15 is 0 Å². The number of phosphoric ester groups is 2. The van der Waals surface area contributed by atoms with Crippen molar-refractivity contribution < 1.29 is 56.7 Å². The molecule has 9 N–H and O–H groups in total. The van der Waals surface area contributed by atoms with E-state index in [1.807, 2.05) is 0 Å². The second kappa shape index (κ2) is 10.8. The van der Waals surface area contributed by atoms with Gasteiger partial charge < -0.3 is 40.9 Å². The molecule has 0 spiro atoms. The van der Waals surface area contributed by atoms with Crippen molar-refractivity contribution in [2.75, 3.05) is 24.7 Å². The molecule has 4 aromatic heterocycles. The van der Waals surface area contributed by atoms with Crippen LogP contribution < -0.4 is 17.0 Å². The summed E-state index contributed by atoms with van der Waals surface area (Å²) in [7, 11) is -10.2. The zero-order valence-electron chi connectivity index (χ0n) is 22.4. The fourth-order valence-electron chi connectivity index (χ4n) is 5.30. The zero-order chi connectivity index (χ0) is 31.8. The maximum absolute atomic E-state index is 13.2. The van der Waals surface area contributed by atoms with Crippen LogP contribution >= 0.6 is 15.6 Å². The second-order valence-electron chi connectivity index (χ2n) is 10.1. The average Bonchev–Trinajstić information content (AvgIpc) is 3.72. The lowest BCUT2D eigenvalue weighted by Crippen LogP contribution is -2.36. The molecule has 3 fully saturated rings. The smallest absolute Gasteiger partial charge is 0.387 e. The summed E-state index contributed by atoms with van der Waals surface area (Å²) in [5.74, 6) is -0.250. The Morgan fingerprint density at radius 3 is 2.18 bits per heavy atom. The minimum atomic E-state index is -5.11. The first-order valence-electron chi connectivity index (χ1n) is 13.0. The van der Waals surface area contributed by atoms with Crippen LogP contribution in [0.25, 0.3) is 22.3 Å². The third-order valence-corrected chi connectivity index (χ3v) is 9.29. The highest BCUT2D eigenvalue weighted by Gasteiger charge is 2.54. The van der Waals surface area contributed by atoms with Gasteiger partial charge in [-0.05, 0) is 0 Å². The van der Waals surface area contributed by atoms with E-state index in [9.17, 15) is 33.9 Å². The minimum absolute atomic E-state index is 0.0343. The van der Waals surface area contributed by atoms with Crippen LogP contribution in [-0.4, -0.2) is 109 Å². The van der Waals surface area contributed by atoms with E-state index < -0.39 is 83.5 Å². The maximum Gasteiger partial charge on any atom is 0.472 e. The topological polar surface area (TPSA) is 330 Å². The standard InChI is InChI=1S/C20H24N10O13P2/c21-14-8-15(24-3-23-14)29(4-25-8)18-11(32)12-7(41-18)2-39-45(36,37)43-13-10(31)6(1-38-44(34,35)42-12)40-19(13)30-5-26-9-16(30)27-20(22)28-17(9)33/h3-7,10-13,18-19,31-32H,1-2H2,(H,34,35)(H,36,37)(H2,21,23,24)(H3,22,27,28,33)/t6?,7?,10?,11?,12?,13?,18?,19-/m1/s1. The molecule has 3 aliphatic rings. The number of phosphoric acid groups is 2. The van der Waals surface area contributed by atoms with E-state index in [2.05, 4.69) is 29.9 Å². The number of nitrogen functional groups attached to an aromatic ring is 2. The normalized spacial score (nSPS) is 37.7. The van der Waals surface area contributed by atoms with Crippen LogP contribution in [0.2, 0.25) is 0 Å². The van der Waals surface area contributed by atoms with Crippen molar-refractivity contribution in [3.8, 4) is 0 Å². The Hall–Kier alpha value is -3.44. The van der Waals surface area contributed by atoms with E-state index in [-0.39, 0.29) is 34.1 Å². The third-order valence-electron chi connectivity index (χ3n) is 7.32. The van der Waals surface area contributed by atoms with Crippen LogP contribution in [0, 0.1) is 0 Å². The Morgan fingerprint density at radius 2 is 1.44 bits per heavy atom. The number of aromatic nitrogens is 8. The molecular formula is C20H24N10O13P2. The molecule has 0 aromatic carbocycles.